The molecule has 0 aliphatic heterocycles. The molecule has 0 nitrogen and oxygen atoms in total. The topological polar surface area (TPSA) is 0 Å². The fraction of sp³-hybridized carbons (Fsp3) is 0.556. The van der Waals surface area contributed by atoms with Crippen LogP contribution in [0.3, 0.4) is 0 Å². The van der Waals surface area contributed by atoms with Crippen molar-refractivity contribution in [1.82, 2.24) is 0 Å². The molecule has 0 heteroatoms. The summed E-state index contributed by atoms with van der Waals surface area (Å²) in [5.74, 6) is 0. The van der Waals surface area contributed by atoms with Crippen LogP contribution < -0.4 is 0 Å². The largest absolute Gasteiger partial charge is 0.0664 e. The third-order valence-corrected chi connectivity index (χ3v) is 4.14. The molecule has 0 spiro atoms. The van der Waals surface area contributed by atoms with Gasteiger partial charge in [0, 0.05) is 0 Å². The fourth-order valence-corrected chi connectivity index (χ4v) is 2.97. The summed E-state index contributed by atoms with van der Waals surface area (Å²) in [6.45, 7) is 9.27. The second-order valence-corrected chi connectivity index (χ2v) is 6.54. The van der Waals surface area contributed by atoms with Gasteiger partial charge in [-0.3, -0.25) is 0 Å². The first-order valence-electron chi connectivity index (χ1n) is 7.30. The highest BCUT2D eigenvalue weighted by atomic mass is 14.3. The van der Waals surface area contributed by atoms with Gasteiger partial charge in [0.05, 0.1) is 0 Å². The average molecular weight is 242 g/mol. The van der Waals surface area contributed by atoms with Crippen molar-refractivity contribution in [2.45, 2.75) is 59.8 Å². The van der Waals surface area contributed by atoms with Gasteiger partial charge in [0.1, 0.15) is 0 Å². The van der Waals surface area contributed by atoms with Gasteiger partial charge in [0.15, 0.2) is 0 Å². The standard InChI is InChI=1S/C18H26/c1-5-6-15-11-12-18(3,4)13-17(15)16-9-7-14(2)8-10-16/h7-10H,5-6,11-13H2,1-4H3. The van der Waals surface area contributed by atoms with Crippen molar-refractivity contribution in [2.24, 2.45) is 5.41 Å². The lowest BCUT2D eigenvalue weighted by Crippen LogP contribution is -2.18. The van der Waals surface area contributed by atoms with Gasteiger partial charge in [0.2, 0.25) is 0 Å². The molecule has 0 N–H and O–H groups in total. The molecular weight excluding hydrogens is 216 g/mol. The van der Waals surface area contributed by atoms with E-state index in [4.69, 9.17) is 0 Å². The minimum atomic E-state index is 0.470. The van der Waals surface area contributed by atoms with Crippen molar-refractivity contribution in [3.63, 3.8) is 0 Å². The Balaban J connectivity index is 2.37. The molecule has 98 valence electrons. The molecule has 0 bridgehead atoms. The molecule has 0 unspecified atom stereocenters. The molecule has 1 aromatic rings. The van der Waals surface area contributed by atoms with Crippen molar-refractivity contribution < 1.29 is 0 Å². The van der Waals surface area contributed by atoms with E-state index >= 15 is 0 Å². The second-order valence-electron chi connectivity index (χ2n) is 6.54. The number of hydrogen-bond acceptors (Lipinski definition) is 0. The summed E-state index contributed by atoms with van der Waals surface area (Å²) < 4.78 is 0. The summed E-state index contributed by atoms with van der Waals surface area (Å²) in [5, 5.41) is 0. The highest BCUT2D eigenvalue weighted by Gasteiger charge is 2.27. The molecule has 18 heavy (non-hydrogen) atoms. The molecule has 1 aliphatic carbocycles. The fourth-order valence-electron chi connectivity index (χ4n) is 2.97. The Labute approximate surface area is 112 Å². The van der Waals surface area contributed by atoms with Gasteiger partial charge in [-0.25, -0.2) is 0 Å². The van der Waals surface area contributed by atoms with Gasteiger partial charge < -0.3 is 0 Å². The van der Waals surface area contributed by atoms with Crippen LogP contribution in [0.4, 0.5) is 0 Å². The molecule has 1 aromatic carbocycles. The van der Waals surface area contributed by atoms with Gasteiger partial charge in [-0.1, -0.05) is 62.6 Å². The molecule has 0 saturated heterocycles. The van der Waals surface area contributed by atoms with E-state index in [-0.39, 0.29) is 0 Å². The van der Waals surface area contributed by atoms with Crippen LogP contribution in [0.2, 0.25) is 0 Å². The maximum Gasteiger partial charge on any atom is -0.0222 e. The summed E-state index contributed by atoms with van der Waals surface area (Å²) in [5.41, 5.74) is 6.62. The number of hydrogen-bond donors (Lipinski definition) is 0. The lowest BCUT2D eigenvalue weighted by molar-refractivity contribution is 0.329. The Kier molecular flexibility index (Phi) is 3.94. The average Bonchev–Trinajstić information content (AvgIpc) is 2.32. The minimum absolute atomic E-state index is 0.470. The summed E-state index contributed by atoms with van der Waals surface area (Å²) >= 11 is 0. The van der Waals surface area contributed by atoms with Crippen molar-refractivity contribution in [3.8, 4) is 0 Å². The van der Waals surface area contributed by atoms with Gasteiger partial charge in [-0.2, -0.15) is 0 Å². The summed E-state index contributed by atoms with van der Waals surface area (Å²) in [4.78, 5) is 0. The Hall–Kier alpha value is -1.04. The summed E-state index contributed by atoms with van der Waals surface area (Å²) in [7, 11) is 0. The zero-order chi connectivity index (χ0) is 13.2. The maximum absolute atomic E-state index is 2.41. The molecule has 0 radical (unpaired) electrons. The van der Waals surface area contributed by atoms with Crippen molar-refractivity contribution in [2.75, 3.05) is 0 Å². The van der Waals surface area contributed by atoms with E-state index in [0.717, 1.165) is 0 Å². The van der Waals surface area contributed by atoms with E-state index < -0.39 is 0 Å². The summed E-state index contributed by atoms with van der Waals surface area (Å²) in [6, 6.07) is 9.10. The predicted molar refractivity (Wildman–Crippen MR) is 80.6 cm³/mol. The highest BCUT2D eigenvalue weighted by molar-refractivity contribution is 5.70. The van der Waals surface area contributed by atoms with Crippen LogP contribution in [-0.2, 0) is 0 Å². The van der Waals surface area contributed by atoms with Gasteiger partial charge >= 0.3 is 0 Å². The number of allylic oxidation sites excluding steroid dienone is 2. The lowest BCUT2D eigenvalue weighted by Gasteiger charge is -2.33. The van der Waals surface area contributed by atoms with Gasteiger partial charge in [0.25, 0.3) is 0 Å². The first-order valence-corrected chi connectivity index (χ1v) is 7.30. The van der Waals surface area contributed by atoms with Crippen LogP contribution in [0, 0.1) is 12.3 Å². The Morgan fingerprint density at radius 1 is 1.11 bits per heavy atom. The maximum atomic E-state index is 2.41. The van der Waals surface area contributed by atoms with Gasteiger partial charge in [-0.15, -0.1) is 0 Å². The Morgan fingerprint density at radius 3 is 2.39 bits per heavy atom. The molecule has 0 saturated carbocycles. The molecule has 1 aliphatic rings. The van der Waals surface area contributed by atoms with E-state index in [1.165, 1.54) is 43.2 Å². The first-order chi connectivity index (χ1) is 8.52. The Morgan fingerprint density at radius 2 is 1.78 bits per heavy atom. The highest BCUT2D eigenvalue weighted by Crippen LogP contribution is 2.44. The smallest absolute Gasteiger partial charge is 0.0222 e. The zero-order valence-corrected chi connectivity index (χ0v) is 12.3. The van der Waals surface area contributed by atoms with E-state index in [0.29, 0.717) is 5.41 Å². The number of benzene rings is 1. The van der Waals surface area contributed by atoms with Crippen molar-refractivity contribution in [3.05, 3.63) is 41.0 Å². The first kappa shape index (κ1) is 13.4. The van der Waals surface area contributed by atoms with Crippen LogP contribution in [0.25, 0.3) is 5.57 Å². The Bertz CT molecular complexity index is 432. The van der Waals surface area contributed by atoms with Crippen molar-refractivity contribution in [1.29, 1.82) is 0 Å². The minimum Gasteiger partial charge on any atom is -0.0664 e. The van der Waals surface area contributed by atoms with Gasteiger partial charge in [-0.05, 0) is 49.2 Å². The van der Waals surface area contributed by atoms with Crippen LogP contribution >= 0.6 is 0 Å². The quantitative estimate of drug-likeness (QED) is 0.632. The molecule has 0 amide bonds. The molecule has 0 heterocycles. The lowest BCUT2D eigenvalue weighted by atomic mass is 9.72. The molecule has 2 rings (SSSR count). The number of rotatable bonds is 3. The van der Waals surface area contributed by atoms with Crippen molar-refractivity contribution >= 4 is 5.57 Å². The molecular formula is C18H26. The number of aryl methyl sites for hydroxylation is 1. The third kappa shape index (κ3) is 3.04. The van der Waals surface area contributed by atoms with Crippen LogP contribution in [0.1, 0.15) is 64.0 Å². The third-order valence-electron chi connectivity index (χ3n) is 4.14. The summed E-state index contributed by atoms with van der Waals surface area (Å²) in [6.07, 6.45) is 6.43. The van der Waals surface area contributed by atoms with Crippen LogP contribution in [0.5, 0.6) is 0 Å². The predicted octanol–water partition coefficient (Wildman–Crippen LogP) is 5.76. The van der Waals surface area contributed by atoms with Crippen LogP contribution in [0.15, 0.2) is 29.8 Å². The second kappa shape index (κ2) is 5.30. The molecule has 0 atom stereocenters. The monoisotopic (exact) mass is 242 g/mol. The SMILES string of the molecule is CCCC1=C(c2ccc(C)cc2)CC(C)(C)CC1. The normalized spacial score (nSPS) is 19.1. The van der Waals surface area contributed by atoms with E-state index in [2.05, 4.69) is 52.0 Å². The van der Waals surface area contributed by atoms with E-state index in [1.54, 1.807) is 11.1 Å². The zero-order valence-electron chi connectivity index (χ0n) is 12.3. The molecule has 0 fully saturated rings. The van der Waals surface area contributed by atoms with E-state index in [9.17, 15) is 0 Å². The van der Waals surface area contributed by atoms with Crippen LogP contribution in [-0.4, -0.2) is 0 Å². The van der Waals surface area contributed by atoms with E-state index in [1.807, 2.05) is 0 Å². The molecule has 0 aromatic heterocycles.